The van der Waals surface area contributed by atoms with Gasteiger partial charge in [-0.1, -0.05) is 6.92 Å². The predicted molar refractivity (Wildman–Crippen MR) is 50.1 cm³/mol. The minimum atomic E-state index is 0.824. The molecule has 0 fully saturated rings. The van der Waals surface area contributed by atoms with Crippen LogP contribution < -0.4 is 0 Å². The maximum atomic E-state index is 4.08. The van der Waals surface area contributed by atoms with Crippen LogP contribution in [0.4, 0.5) is 0 Å². The van der Waals surface area contributed by atoms with E-state index in [9.17, 15) is 0 Å². The number of hydrogen-bond acceptors (Lipinski definition) is 2. The molecule has 0 aliphatic rings. The van der Waals surface area contributed by atoms with Crippen LogP contribution in [0.2, 0.25) is 0 Å². The smallest absolute Gasteiger partial charge is 0.0990 e. The van der Waals surface area contributed by atoms with Crippen LogP contribution in [0, 0.1) is 0 Å². The monoisotopic (exact) mass is 240 g/mol. The van der Waals surface area contributed by atoms with Crippen molar-refractivity contribution in [2.75, 3.05) is 13.2 Å². The second kappa shape index (κ2) is 6.48. The van der Waals surface area contributed by atoms with Crippen molar-refractivity contribution in [3.05, 3.63) is 0 Å². The quantitative estimate of drug-likeness (QED) is 0.417. The van der Waals surface area contributed by atoms with Gasteiger partial charge in [0.1, 0.15) is 0 Å². The molecule has 0 aromatic rings. The molecule has 0 unspecified atom stereocenters. The highest BCUT2D eigenvalue weighted by atomic mass is 127. The molecule has 0 atom stereocenters. The molecule has 0 saturated carbocycles. The number of nitrogens with zero attached hydrogens (tertiary/aromatic N) is 2. The fourth-order valence-electron chi connectivity index (χ4n) is 0.484. The second-order valence-corrected chi connectivity index (χ2v) is 3.13. The minimum absolute atomic E-state index is 0.824. The SMILES string of the molecule is CC=NCN(I)CCC. The second-order valence-electron chi connectivity index (χ2n) is 1.77. The van der Waals surface area contributed by atoms with Crippen molar-refractivity contribution in [1.29, 1.82) is 0 Å². The minimum Gasteiger partial charge on any atom is -0.281 e. The van der Waals surface area contributed by atoms with E-state index < -0.39 is 0 Å². The summed E-state index contributed by atoms with van der Waals surface area (Å²) in [6, 6.07) is 0. The van der Waals surface area contributed by atoms with Crippen molar-refractivity contribution in [1.82, 2.24) is 3.11 Å². The van der Waals surface area contributed by atoms with E-state index in [0.717, 1.165) is 13.2 Å². The van der Waals surface area contributed by atoms with E-state index in [4.69, 9.17) is 0 Å². The maximum Gasteiger partial charge on any atom is 0.0990 e. The van der Waals surface area contributed by atoms with Gasteiger partial charge in [-0.2, -0.15) is 0 Å². The Hall–Kier alpha value is 0.360. The zero-order chi connectivity index (χ0) is 7.11. The molecule has 0 aromatic heterocycles. The molecular weight excluding hydrogens is 227 g/mol. The fraction of sp³-hybridized carbons (Fsp3) is 0.833. The summed E-state index contributed by atoms with van der Waals surface area (Å²) in [5.41, 5.74) is 0. The topological polar surface area (TPSA) is 15.6 Å². The molecule has 0 N–H and O–H groups in total. The maximum absolute atomic E-state index is 4.08. The molecule has 9 heavy (non-hydrogen) atoms. The first-order valence-electron chi connectivity index (χ1n) is 3.16. The number of halogens is 1. The van der Waals surface area contributed by atoms with Crippen LogP contribution >= 0.6 is 22.9 Å². The Morgan fingerprint density at radius 3 is 2.78 bits per heavy atom. The molecule has 2 nitrogen and oxygen atoms in total. The summed E-state index contributed by atoms with van der Waals surface area (Å²) < 4.78 is 2.16. The molecule has 3 heteroatoms. The van der Waals surface area contributed by atoms with Crippen molar-refractivity contribution in [3.8, 4) is 0 Å². The lowest BCUT2D eigenvalue weighted by molar-refractivity contribution is 0.523. The first-order valence-corrected chi connectivity index (χ1v) is 4.13. The molecule has 0 bridgehead atoms. The van der Waals surface area contributed by atoms with Crippen molar-refractivity contribution in [2.24, 2.45) is 4.99 Å². The van der Waals surface area contributed by atoms with Gasteiger partial charge in [0.2, 0.25) is 0 Å². The van der Waals surface area contributed by atoms with Gasteiger partial charge in [-0.05, 0) is 19.6 Å². The highest BCUT2D eigenvalue weighted by molar-refractivity contribution is 14.1. The van der Waals surface area contributed by atoms with Gasteiger partial charge < -0.3 is 0 Å². The average molecular weight is 240 g/mol. The lowest BCUT2D eigenvalue weighted by Crippen LogP contribution is -2.11. The van der Waals surface area contributed by atoms with Crippen molar-refractivity contribution >= 4 is 29.1 Å². The highest BCUT2D eigenvalue weighted by Gasteiger charge is 1.92. The zero-order valence-corrected chi connectivity index (χ0v) is 8.13. The molecule has 0 aromatic carbocycles. The number of aliphatic imine (C=N–C) groups is 1. The van der Waals surface area contributed by atoms with E-state index >= 15 is 0 Å². The Morgan fingerprint density at radius 2 is 2.33 bits per heavy atom. The van der Waals surface area contributed by atoms with Gasteiger partial charge in [0.05, 0.1) is 6.67 Å². The van der Waals surface area contributed by atoms with Crippen LogP contribution in [0.15, 0.2) is 4.99 Å². The van der Waals surface area contributed by atoms with Crippen molar-refractivity contribution < 1.29 is 0 Å². The molecular formula is C6H13IN2. The van der Waals surface area contributed by atoms with Crippen LogP contribution in [0.5, 0.6) is 0 Å². The lowest BCUT2D eigenvalue weighted by Gasteiger charge is -2.07. The van der Waals surface area contributed by atoms with Gasteiger partial charge in [-0.25, -0.2) is 3.11 Å². The van der Waals surface area contributed by atoms with Crippen LogP contribution in [-0.4, -0.2) is 22.5 Å². The van der Waals surface area contributed by atoms with E-state index in [-0.39, 0.29) is 0 Å². The van der Waals surface area contributed by atoms with Gasteiger partial charge in [0.15, 0.2) is 0 Å². The van der Waals surface area contributed by atoms with Gasteiger partial charge in [0, 0.05) is 29.4 Å². The Labute approximate surface area is 70.8 Å². The predicted octanol–water partition coefficient (Wildman–Crippen LogP) is 2.10. The van der Waals surface area contributed by atoms with E-state index in [1.807, 2.05) is 13.1 Å². The van der Waals surface area contributed by atoms with Crippen LogP contribution in [0.3, 0.4) is 0 Å². The fourth-order valence-corrected chi connectivity index (χ4v) is 1.14. The molecule has 0 rings (SSSR count). The Bertz CT molecular complexity index is 83.1. The van der Waals surface area contributed by atoms with Crippen LogP contribution in [-0.2, 0) is 0 Å². The molecule has 0 saturated heterocycles. The summed E-state index contributed by atoms with van der Waals surface area (Å²) in [6.45, 7) is 6.06. The molecule has 0 amide bonds. The van der Waals surface area contributed by atoms with Crippen molar-refractivity contribution in [2.45, 2.75) is 20.3 Å². The summed E-state index contributed by atoms with van der Waals surface area (Å²) >= 11 is 2.28. The van der Waals surface area contributed by atoms with Crippen molar-refractivity contribution in [3.63, 3.8) is 0 Å². The number of rotatable bonds is 4. The molecule has 54 valence electrons. The average Bonchev–Trinajstić information content (AvgIpc) is 1.85. The highest BCUT2D eigenvalue weighted by Crippen LogP contribution is 1.98. The zero-order valence-electron chi connectivity index (χ0n) is 5.97. The van der Waals surface area contributed by atoms with Gasteiger partial charge >= 0.3 is 0 Å². The molecule has 0 radical (unpaired) electrons. The summed E-state index contributed by atoms with van der Waals surface area (Å²) in [6.07, 6.45) is 3.03. The first-order chi connectivity index (χ1) is 4.31. The molecule has 0 aliphatic heterocycles. The summed E-state index contributed by atoms with van der Waals surface area (Å²) in [5, 5.41) is 0. The first kappa shape index (κ1) is 9.36. The van der Waals surface area contributed by atoms with Gasteiger partial charge in [-0.15, -0.1) is 0 Å². The molecule has 0 spiro atoms. The van der Waals surface area contributed by atoms with E-state index in [1.165, 1.54) is 6.42 Å². The summed E-state index contributed by atoms with van der Waals surface area (Å²) in [7, 11) is 0. The third kappa shape index (κ3) is 6.24. The largest absolute Gasteiger partial charge is 0.281 e. The van der Waals surface area contributed by atoms with E-state index in [0.29, 0.717) is 0 Å². The summed E-state index contributed by atoms with van der Waals surface area (Å²) in [5.74, 6) is 0. The van der Waals surface area contributed by atoms with Gasteiger partial charge in [-0.3, -0.25) is 4.99 Å². The number of hydrogen-bond donors (Lipinski definition) is 0. The Kier molecular flexibility index (Phi) is 6.74. The van der Waals surface area contributed by atoms with Crippen LogP contribution in [0.1, 0.15) is 20.3 Å². The van der Waals surface area contributed by atoms with Crippen LogP contribution in [0.25, 0.3) is 0 Å². The Morgan fingerprint density at radius 1 is 1.67 bits per heavy atom. The third-order valence-corrected chi connectivity index (χ3v) is 1.67. The standard InChI is InChI=1S/C6H13IN2/c1-3-5-9(7)6-8-4-2/h4H,3,5-6H2,1-2H3. The van der Waals surface area contributed by atoms with Gasteiger partial charge in [0.25, 0.3) is 0 Å². The molecule has 0 heterocycles. The third-order valence-electron chi connectivity index (χ3n) is 0.884. The normalized spacial score (nSPS) is 11.6. The van der Waals surface area contributed by atoms with E-state index in [2.05, 4.69) is 37.9 Å². The molecule has 0 aliphatic carbocycles. The van der Waals surface area contributed by atoms with E-state index in [1.54, 1.807) is 0 Å². The Balaban J connectivity index is 3.15. The summed E-state index contributed by atoms with van der Waals surface area (Å²) in [4.78, 5) is 4.08. The lowest BCUT2D eigenvalue weighted by atomic mass is 10.5.